The number of aromatic nitrogens is 2. The molecule has 0 bridgehead atoms. The van der Waals surface area contributed by atoms with Crippen LogP contribution in [0.1, 0.15) is 15.9 Å². The van der Waals surface area contributed by atoms with Gasteiger partial charge in [0, 0.05) is 52.5 Å². The highest BCUT2D eigenvalue weighted by Crippen LogP contribution is 2.23. The fraction of sp³-hybridized carbons (Fsp3) is 0.0476. The van der Waals surface area contributed by atoms with Gasteiger partial charge in [-0.05, 0) is 48.9 Å². The summed E-state index contributed by atoms with van der Waals surface area (Å²) in [6.07, 6.45) is 7.47. The average Bonchev–Trinajstić information content (AvgIpc) is 3.17. The van der Waals surface area contributed by atoms with E-state index < -0.39 is 0 Å². The van der Waals surface area contributed by atoms with E-state index in [-0.39, 0.29) is 5.91 Å². The minimum absolute atomic E-state index is 0.127. The Balaban J connectivity index is 1.68. The molecule has 4 rings (SSSR count). The predicted octanol–water partition coefficient (Wildman–Crippen LogP) is 4.59. The summed E-state index contributed by atoms with van der Waals surface area (Å²) in [5, 5.41) is 4.99. The summed E-state index contributed by atoms with van der Waals surface area (Å²) in [5.41, 5.74) is 3.53. The number of carbonyl (C=O) groups excluding carboxylic acids is 1. The van der Waals surface area contributed by atoms with Gasteiger partial charge in [0.15, 0.2) is 0 Å². The first-order valence-corrected chi connectivity index (χ1v) is 8.10. The molecular formula is C21H17N3O. The molecule has 0 radical (unpaired) electrons. The van der Waals surface area contributed by atoms with Gasteiger partial charge >= 0.3 is 0 Å². The number of aryl methyl sites for hydroxylation is 1. The Bertz CT molecular complexity index is 1050. The number of hydrogen-bond acceptors (Lipinski definition) is 2. The SMILES string of the molecule is Cc1ccc(C(=O)Nc2cccc3cnccc23)cc1-n1cccc1. The van der Waals surface area contributed by atoms with E-state index in [1.807, 2.05) is 78.5 Å². The Hall–Kier alpha value is -3.40. The summed E-state index contributed by atoms with van der Waals surface area (Å²) in [4.78, 5) is 16.9. The summed E-state index contributed by atoms with van der Waals surface area (Å²) in [6, 6.07) is 17.4. The van der Waals surface area contributed by atoms with Crippen LogP contribution in [-0.4, -0.2) is 15.5 Å². The van der Waals surface area contributed by atoms with Crippen molar-refractivity contribution in [2.75, 3.05) is 5.32 Å². The zero-order valence-electron chi connectivity index (χ0n) is 13.8. The smallest absolute Gasteiger partial charge is 0.255 e. The van der Waals surface area contributed by atoms with Crippen molar-refractivity contribution in [3.63, 3.8) is 0 Å². The van der Waals surface area contributed by atoms with Crippen LogP contribution in [0.25, 0.3) is 16.5 Å². The maximum atomic E-state index is 12.8. The van der Waals surface area contributed by atoms with E-state index in [9.17, 15) is 4.79 Å². The van der Waals surface area contributed by atoms with E-state index in [1.54, 1.807) is 12.4 Å². The highest BCUT2D eigenvalue weighted by atomic mass is 16.1. The fourth-order valence-electron chi connectivity index (χ4n) is 2.95. The van der Waals surface area contributed by atoms with Gasteiger partial charge in [-0.1, -0.05) is 18.2 Å². The molecular weight excluding hydrogens is 310 g/mol. The molecule has 0 saturated carbocycles. The van der Waals surface area contributed by atoms with Crippen molar-refractivity contribution < 1.29 is 4.79 Å². The minimum atomic E-state index is -0.127. The Morgan fingerprint density at radius 3 is 2.72 bits per heavy atom. The lowest BCUT2D eigenvalue weighted by molar-refractivity contribution is 0.102. The number of rotatable bonds is 3. The number of benzene rings is 2. The number of fused-ring (bicyclic) bond motifs is 1. The second-order valence-corrected chi connectivity index (χ2v) is 5.95. The van der Waals surface area contributed by atoms with Crippen molar-refractivity contribution in [2.24, 2.45) is 0 Å². The third kappa shape index (κ3) is 2.90. The second-order valence-electron chi connectivity index (χ2n) is 5.95. The molecule has 0 spiro atoms. The number of pyridine rings is 1. The van der Waals surface area contributed by atoms with Gasteiger partial charge in [-0.15, -0.1) is 0 Å². The van der Waals surface area contributed by atoms with Crippen molar-refractivity contribution in [3.8, 4) is 5.69 Å². The van der Waals surface area contributed by atoms with Crippen molar-refractivity contribution in [1.82, 2.24) is 9.55 Å². The Labute approximate surface area is 145 Å². The van der Waals surface area contributed by atoms with Crippen LogP contribution in [0, 0.1) is 6.92 Å². The molecule has 0 aliphatic heterocycles. The van der Waals surface area contributed by atoms with Crippen LogP contribution < -0.4 is 5.32 Å². The van der Waals surface area contributed by atoms with Crippen molar-refractivity contribution in [3.05, 3.63) is 90.5 Å². The van der Waals surface area contributed by atoms with Crippen LogP contribution in [0.2, 0.25) is 0 Å². The molecule has 0 fully saturated rings. The first-order chi connectivity index (χ1) is 12.2. The van der Waals surface area contributed by atoms with Gasteiger partial charge in [0.25, 0.3) is 5.91 Å². The highest BCUT2D eigenvalue weighted by molar-refractivity contribution is 6.09. The van der Waals surface area contributed by atoms with Crippen molar-refractivity contribution >= 4 is 22.4 Å². The maximum Gasteiger partial charge on any atom is 0.255 e. The van der Waals surface area contributed by atoms with Crippen molar-refractivity contribution in [2.45, 2.75) is 6.92 Å². The Morgan fingerprint density at radius 1 is 1.04 bits per heavy atom. The quantitative estimate of drug-likeness (QED) is 0.598. The van der Waals surface area contributed by atoms with E-state index in [1.165, 1.54) is 0 Å². The standard InChI is InChI=1S/C21H17N3O/c1-15-7-8-16(13-20(15)24-11-2-3-12-24)21(25)23-19-6-4-5-17-14-22-10-9-18(17)19/h2-14H,1H3,(H,23,25). The molecule has 0 unspecified atom stereocenters. The molecule has 4 nitrogen and oxygen atoms in total. The van der Waals surface area contributed by atoms with E-state index in [0.29, 0.717) is 5.56 Å². The lowest BCUT2D eigenvalue weighted by Gasteiger charge is -2.12. The van der Waals surface area contributed by atoms with Gasteiger partial charge in [0.05, 0.1) is 0 Å². The summed E-state index contributed by atoms with van der Waals surface area (Å²) >= 11 is 0. The molecule has 4 heteroatoms. The van der Waals surface area contributed by atoms with Gasteiger partial charge in [-0.3, -0.25) is 9.78 Å². The molecule has 0 aliphatic rings. The third-order valence-electron chi connectivity index (χ3n) is 4.28. The maximum absolute atomic E-state index is 12.8. The van der Waals surface area contributed by atoms with Gasteiger partial charge < -0.3 is 9.88 Å². The van der Waals surface area contributed by atoms with E-state index in [0.717, 1.165) is 27.7 Å². The molecule has 0 aliphatic carbocycles. The van der Waals surface area contributed by atoms with Crippen LogP contribution in [-0.2, 0) is 0 Å². The lowest BCUT2D eigenvalue weighted by atomic mass is 10.1. The average molecular weight is 327 g/mol. The largest absolute Gasteiger partial charge is 0.324 e. The normalized spacial score (nSPS) is 10.8. The fourth-order valence-corrected chi connectivity index (χ4v) is 2.95. The zero-order chi connectivity index (χ0) is 17.2. The van der Waals surface area contributed by atoms with Crippen LogP contribution in [0.15, 0.2) is 79.4 Å². The molecule has 1 N–H and O–H groups in total. The Kier molecular flexibility index (Phi) is 3.78. The lowest BCUT2D eigenvalue weighted by Crippen LogP contribution is -2.13. The van der Waals surface area contributed by atoms with Gasteiger partial charge in [-0.2, -0.15) is 0 Å². The van der Waals surface area contributed by atoms with E-state index >= 15 is 0 Å². The second kappa shape index (κ2) is 6.24. The number of nitrogens with one attached hydrogen (secondary N) is 1. The van der Waals surface area contributed by atoms with Crippen LogP contribution in [0.3, 0.4) is 0 Å². The summed E-state index contributed by atoms with van der Waals surface area (Å²) in [5.74, 6) is -0.127. The molecule has 0 saturated heterocycles. The first kappa shape index (κ1) is 15.1. The van der Waals surface area contributed by atoms with Gasteiger partial charge in [0.2, 0.25) is 0 Å². The van der Waals surface area contributed by atoms with Gasteiger partial charge in [-0.25, -0.2) is 0 Å². The van der Waals surface area contributed by atoms with E-state index in [4.69, 9.17) is 0 Å². The minimum Gasteiger partial charge on any atom is -0.324 e. The summed E-state index contributed by atoms with van der Waals surface area (Å²) < 4.78 is 2.01. The van der Waals surface area contributed by atoms with Gasteiger partial charge in [0.1, 0.15) is 0 Å². The number of nitrogens with zero attached hydrogens (tertiary/aromatic N) is 2. The molecule has 4 aromatic rings. The third-order valence-corrected chi connectivity index (χ3v) is 4.28. The molecule has 0 atom stereocenters. The monoisotopic (exact) mass is 327 g/mol. The first-order valence-electron chi connectivity index (χ1n) is 8.10. The van der Waals surface area contributed by atoms with Crippen molar-refractivity contribution in [1.29, 1.82) is 0 Å². The highest BCUT2D eigenvalue weighted by Gasteiger charge is 2.11. The number of carbonyl (C=O) groups is 1. The number of anilines is 1. The number of amides is 1. The molecule has 2 aromatic heterocycles. The molecule has 2 heterocycles. The van der Waals surface area contributed by atoms with Crippen LogP contribution >= 0.6 is 0 Å². The molecule has 2 aromatic carbocycles. The number of hydrogen-bond donors (Lipinski definition) is 1. The summed E-state index contributed by atoms with van der Waals surface area (Å²) in [7, 11) is 0. The molecule has 122 valence electrons. The van der Waals surface area contributed by atoms with Crippen LogP contribution in [0.4, 0.5) is 5.69 Å². The van der Waals surface area contributed by atoms with E-state index in [2.05, 4.69) is 10.3 Å². The summed E-state index contributed by atoms with van der Waals surface area (Å²) in [6.45, 7) is 2.04. The Morgan fingerprint density at radius 2 is 1.88 bits per heavy atom. The molecule has 1 amide bonds. The zero-order valence-corrected chi connectivity index (χ0v) is 13.8. The molecule has 25 heavy (non-hydrogen) atoms. The van der Waals surface area contributed by atoms with Crippen LogP contribution in [0.5, 0.6) is 0 Å². The topological polar surface area (TPSA) is 46.9 Å². The predicted molar refractivity (Wildman–Crippen MR) is 100 cm³/mol.